The Morgan fingerprint density at radius 1 is 1.04 bits per heavy atom. The number of benzene rings is 2. The van der Waals surface area contributed by atoms with Crippen LogP contribution in [-0.4, -0.2) is 36.7 Å². The van der Waals surface area contributed by atoms with Gasteiger partial charge in [-0.3, -0.25) is 4.99 Å². The van der Waals surface area contributed by atoms with E-state index in [0.29, 0.717) is 24.5 Å². The van der Waals surface area contributed by atoms with E-state index in [2.05, 4.69) is 4.99 Å². The van der Waals surface area contributed by atoms with E-state index in [1.54, 1.807) is 18.2 Å². The van der Waals surface area contributed by atoms with Crippen molar-refractivity contribution in [2.45, 2.75) is 12.8 Å². The van der Waals surface area contributed by atoms with Crippen molar-refractivity contribution in [2.75, 3.05) is 20.8 Å². The lowest BCUT2D eigenvalue weighted by atomic mass is 9.92. The van der Waals surface area contributed by atoms with Gasteiger partial charge in [-0.15, -0.1) is 0 Å². The molecule has 0 aromatic heterocycles. The molecule has 2 N–H and O–H groups in total. The first kappa shape index (κ1) is 15.2. The fourth-order valence-corrected chi connectivity index (χ4v) is 2.88. The Morgan fingerprint density at radius 2 is 1.78 bits per heavy atom. The third-order valence-corrected chi connectivity index (χ3v) is 4.03. The third kappa shape index (κ3) is 2.82. The summed E-state index contributed by atoms with van der Waals surface area (Å²) in [5.41, 5.74) is 3.50. The summed E-state index contributed by atoms with van der Waals surface area (Å²) in [4.78, 5) is 4.56. The highest BCUT2D eigenvalue weighted by atomic mass is 16.5. The van der Waals surface area contributed by atoms with Crippen LogP contribution in [-0.2, 0) is 12.8 Å². The van der Waals surface area contributed by atoms with Crippen LogP contribution in [0, 0.1) is 0 Å². The molecule has 2 aromatic rings. The van der Waals surface area contributed by atoms with Crippen molar-refractivity contribution in [1.82, 2.24) is 0 Å². The van der Waals surface area contributed by atoms with Crippen LogP contribution < -0.4 is 9.47 Å². The number of phenolic OH excluding ortho intramolecular Hbond substituents is 2. The molecule has 0 spiro atoms. The smallest absolute Gasteiger partial charge is 0.167 e. The van der Waals surface area contributed by atoms with Gasteiger partial charge < -0.3 is 19.7 Å². The summed E-state index contributed by atoms with van der Waals surface area (Å²) < 4.78 is 10.3. The van der Waals surface area contributed by atoms with E-state index < -0.39 is 0 Å². The molecule has 23 heavy (non-hydrogen) atoms. The second-order valence-electron chi connectivity index (χ2n) is 5.41. The summed E-state index contributed by atoms with van der Waals surface area (Å²) in [6.07, 6.45) is 1.32. The summed E-state index contributed by atoms with van der Waals surface area (Å²) >= 11 is 0. The van der Waals surface area contributed by atoms with E-state index in [4.69, 9.17) is 9.47 Å². The quantitative estimate of drug-likeness (QED) is 0.910. The largest absolute Gasteiger partial charge is 0.504 e. The van der Waals surface area contributed by atoms with Crippen LogP contribution in [0.4, 0.5) is 0 Å². The molecular weight excluding hydrogens is 294 g/mol. The molecule has 1 aliphatic rings. The minimum Gasteiger partial charge on any atom is -0.504 e. The highest BCUT2D eigenvalue weighted by Gasteiger charge is 2.21. The summed E-state index contributed by atoms with van der Waals surface area (Å²) in [6.45, 7) is 0.691. The highest BCUT2D eigenvalue weighted by Crippen LogP contribution is 2.36. The number of aromatic hydroxyl groups is 2. The SMILES string of the molecule is COc1ccc(CC2=NCCc3ccc(OC)c(O)c32)cc1O. The molecule has 5 nitrogen and oxygen atoms in total. The zero-order valence-corrected chi connectivity index (χ0v) is 13.2. The maximum absolute atomic E-state index is 10.4. The minimum atomic E-state index is 0.0940. The number of fused-ring (bicyclic) bond motifs is 1. The van der Waals surface area contributed by atoms with Crippen molar-refractivity contribution in [2.24, 2.45) is 4.99 Å². The number of rotatable bonds is 4. The lowest BCUT2D eigenvalue weighted by Gasteiger charge is -2.20. The molecule has 5 heteroatoms. The van der Waals surface area contributed by atoms with Gasteiger partial charge in [-0.2, -0.15) is 0 Å². The van der Waals surface area contributed by atoms with Gasteiger partial charge in [0.05, 0.1) is 19.9 Å². The first-order valence-corrected chi connectivity index (χ1v) is 7.42. The molecule has 0 bridgehead atoms. The Kier molecular flexibility index (Phi) is 4.10. The number of nitrogens with zero attached hydrogens (tertiary/aromatic N) is 1. The van der Waals surface area contributed by atoms with Gasteiger partial charge in [-0.25, -0.2) is 0 Å². The number of hydrogen-bond donors (Lipinski definition) is 2. The molecule has 0 atom stereocenters. The molecule has 0 fully saturated rings. The van der Waals surface area contributed by atoms with E-state index in [0.717, 1.165) is 28.8 Å². The monoisotopic (exact) mass is 313 g/mol. The molecule has 2 aromatic carbocycles. The van der Waals surface area contributed by atoms with E-state index in [-0.39, 0.29) is 11.5 Å². The Labute approximate surface area is 134 Å². The number of hydrogen-bond acceptors (Lipinski definition) is 5. The topological polar surface area (TPSA) is 71.3 Å². The van der Waals surface area contributed by atoms with Crippen molar-refractivity contribution in [3.05, 3.63) is 47.0 Å². The standard InChI is InChI=1S/C18H19NO4/c1-22-15-5-3-11(10-14(15)20)9-13-17-12(7-8-19-13)4-6-16(23-2)18(17)21/h3-6,10,20-21H,7-9H2,1-2H3. The summed E-state index contributed by atoms with van der Waals surface area (Å²) in [5.74, 6) is 1.10. The van der Waals surface area contributed by atoms with Crippen LogP contribution in [0.3, 0.4) is 0 Å². The zero-order valence-electron chi connectivity index (χ0n) is 13.2. The molecule has 1 heterocycles. The molecule has 1 aliphatic heterocycles. The van der Waals surface area contributed by atoms with Crippen molar-refractivity contribution in [3.8, 4) is 23.0 Å². The average Bonchev–Trinajstić information content (AvgIpc) is 2.55. The van der Waals surface area contributed by atoms with Crippen LogP contribution in [0.1, 0.15) is 16.7 Å². The van der Waals surface area contributed by atoms with Gasteiger partial charge in [0.15, 0.2) is 23.0 Å². The van der Waals surface area contributed by atoms with Gasteiger partial charge in [-0.05, 0) is 35.7 Å². The zero-order chi connectivity index (χ0) is 16.4. The Hall–Kier alpha value is -2.69. The highest BCUT2D eigenvalue weighted by molar-refractivity contribution is 6.06. The molecule has 0 radical (unpaired) electrons. The van der Waals surface area contributed by atoms with Crippen LogP contribution in [0.2, 0.25) is 0 Å². The van der Waals surface area contributed by atoms with E-state index in [1.807, 2.05) is 12.1 Å². The van der Waals surface area contributed by atoms with Gasteiger partial charge >= 0.3 is 0 Å². The molecule has 3 rings (SSSR count). The van der Waals surface area contributed by atoms with Crippen molar-refractivity contribution in [1.29, 1.82) is 0 Å². The molecule has 120 valence electrons. The first-order valence-electron chi connectivity index (χ1n) is 7.42. The Balaban J connectivity index is 1.96. The first-order chi connectivity index (χ1) is 11.1. The Bertz CT molecular complexity index is 768. The normalized spacial score (nSPS) is 13.2. The van der Waals surface area contributed by atoms with E-state index >= 15 is 0 Å². The van der Waals surface area contributed by atoms with E-state index in [9.17, 15) is 10.2 Å². The van der Waals surface area contributed by atoms with Gasteiger partial charge in [0, 0.05) is 18.5 Å². The predicted molar refractivity (Wildman–Crippen MR) is 88.1 cm³/mol. The number of methoxy groups -OCH3 is 2. The summed E-state index contributed by atoms with van der Waals surface area (Å²) in [7, 11) is 3.04. The lowest BCUT2D eigenvalue weighted by molar-refractivity contribution is 0.372. The third-order valence-electron chi connectivity index (χ3n) is 4.03. The molecule has 0 unspecified atom stereocenters. The second-order valence-corrected chi connectivity index (χ2v) is 5.41. The average molecular weight is 313 g/mol. The number of phenols is 2. The van der Waals surface area contributed by atoms with Crippen LogP contribution in [0.5, 0.6) is 23.0 Å². The Morgan fingerprint density at radius 3 is 2.48 bits per heavy atom. The summed E-state index contributed by atoms with van der Waals surface area (Å²) in [6, 6.07) is 9.00. The van der Waals surface area contributed by atoms with Gasteiger partial charge in [-0.1, -0.05) is 12.1 Å². The van der Waals surface area contributed by atoms with Gasteiger partial charge in [0.25, 0.3) is 0 Å². The van der Waals surface area contributed by atoms with Crippen molar-refractivity contribution >= 4 is 5.71 Å². The van der Waals surface area contributed by atoms with Crippen LogP contribution in [0.25, 0.3) is 0 Å². The molecule has 0 aliphatic carbocycles. The van der Waals surface area contributed by atoms with Gasteiger partial charge in [0.1, 0.15) is 0 Å². The minimum absolute atomic E-state index is 0.0940. The number of ether oxygens (including phenoxy) is 2. The fraction of sp³-hybridized carbons (Fsp3) is 0.278. The molecule has 0 amide bonds. The molecular formula is C18H19NO4. The van der Waals surface area contributed by atoms with Crippen molar-refractivity contribution in [3.63, 3.8) is 0 Å². The van der Waals surface area contributed by atoms with Crippen LogP contribution >= 0.6 is 0 Å². The summed E-state index contributed by atoms with van der Waals surface area (Å²) in [5, 5.41) is 20.4. The predicted octanol–water partition coefficient (Wildman–Crippen LogP) is 2.70. The molecule has 0 saturated carbocycles. The van der Waals surface area contributed by atoms with E-state index in [1.165, 1.54) is 14.2 Å². The fourth-order valence-electron chi connectivity index (χ4n) is 2.88. The maximum Gasteiger partial charge on any atom is 0.167 e. The van der Waals surface area contributed by atoms with Gasteiger partial charge in [0.2, 0.25) is 0 Å². The van der Waals surface area contributed by atoms with Crippen LogP contribution in [0.15, 0.2) is 35.3 Å². The maximum atomic E-state index is 10.4. The number of aliphatic imine (C=N–C) groups is 1. The lowest BCUT2D eigenvalue weighted by Crippen LogP contribution is -2.16. The second kappa shape index (κ2) is 6.20. The molecule has 0 saturated heterocycles. The van der Waals surface area contributed by atoms with Crippen molar-refractivity contribution < 1.29 is 19.7 Å².